The van der Waals surface area contributed by atoms with E-state index in [1.165, 1.54) is 36.4 Å². The zero-order valence-corrected chi connectivity index (χ0v) is 9.37. The second-order valence-corrected chi connectivity index (χ2v) is 4.91. The molecule has 0 amide bonds. The highest BCUT2D eigenvalue weighted by Crippen LogP contribution is 2.43. The highest BCUT2D eigenvalue weighted by Gasteiger charge is 2.16. The van der Waals surface area contributed by atoms with E-state index < -0.39 is 10.9 Å². The third-order valence-corrected chi connectivity index (χ3v) is 3.16. The van der Waals surface area contributed by atoms with Crippen molar-refractivity contribution in [1.82, 2.24) is 4.57 Å². The maximum atomic E-state index is 9.47. The van der Waals surface area contributed by atoms with E-state index in [1.54, 1.807) is 0 Å². The average Bonchev–Trinajstić information content (AvgIpc) is 2.58. The Bertz CT molecular complexity index is 509. The van der Waals surface area contributed by atoms with Crippen LogP contribution >= 0.6 is 10.9 Å². The van der Waals surface area contributed by atoms with Crippen LogP contribution in [-0.2, 0) is 0 Å². The van der Waals surface area contributed by atoms with Crippen LogP contribution in [0.25, 0.3) is 5.69 Å². The molecule has 0 bridgehead atoms. The summed E-state index contributed by atoms with van der Waals surface area (Å²) in [6.07, 6.45) is 0. The zero-order chi connectivity index (χ0) is 12.6. The summed E-state index contributed by atoms with van der Waals surface area (Å²) in [6.45, 7) is 0. The Hall–Kier alpha value is -1.67. The molecule has 7 heteroatoms. The maximum Gasteiger partial charge on any atom is 0.198 e. The van der Waals surface area contributed by atoms with Crippen molar-refractivity contribution in [3.63, 3.8) is 0 Å². The SMILES string of the molecule is Oc1ccc(O)n1-c1ccc(S(O)(O)O)cc1. The summed E-state index contributed by atoms with van der Waals surface area (Å²) in [7, 11) is -3.74. The van der Waals surface area contributed by atoms with Gasteiger partial charge < -0.3 is 23.9 Å². The molecule has 5 N–H and O–H groups in total. The van der Waals surface area contributed by atoms with Gasteiger partial charge in [0.2, 0.25) is 0 Å². The molecule has 0 unspecified atom stereocenters. The van der Waals surface area contributed by atoms with Crippen LogP contribution in [-0.4, -0.2) is 28.4 Å². The van der Waals surface area contributed by atoms with Gasteiger partial charge in [-0.2, -0.15) is 0 Å². The topological polar surface area (TPSA) is 106 Å². The van der Waals surface area contributed by atoms with Gasteiger partial charge in [0, 0.05) is 12.1 Å². The molecule has 1 aromatic carbocycles. The fourth-order valence-electron chi connectivity index (χ4n) is 1.46. The van der Waals surface area contributed by atoms with Crippen LogP contribution in [0.1, 0.15) is 0 Å². The minimum atomic E-state index is -3.74. The molecule has 17 heavy (non-hydrogen) atoms. The summed E-state index contributed by atoms with van der Waals surface area (Å²) in [6, 6.07) is 8.09. The van der Waals surface area contributed by atoms with Gasteiger partial charge in [-0.1, -0.05) is 0 Å². The smallest absolute Gasteiger partial charge is 0.198 e. The molecular formula is C10H11NO5S. The summed E-state index contributed by atoms with van der Waals surface area (Å²) < 4.78 is 28.2. The molecule has 2 rings (SSSR count). The third kappa shape index (κ3) is 2.22. The first-order valence-electron chi connectivity index (χ1n) is 4.60. The van der Waals surface area contributed by atoms with E-state index in [1.807, 2.05) is 0 Å². The molecular weight excluding hydrogens is 246 g/mol. The van der Waals surface area contributed by atoms with Crippen molar-refractivity contribution in [1.29, 1.82) is 0 Å². The Morgan fingerprint density at radius 3 is 1.65 bits per heavy atom. The summed E-state index contributed by atoms with van der Waals surface area (Å²) in [4.78, 5) is -0.0348. The van der Waals surface area contributed by atoms with E-state index in [4.69, 9.17) is 13.7 Å². The van der Waals surface area contributed by atoms with Crippen LogP contribution in [0.3, 0.4) is 0 Å². The Labute approximate surface area is 98.6 Å². The van der Waals surface area contributed by atoms with E-state index in [0.29, 0.717) is 5.69 Å². The molecule has 0 aliphatic heterocycles. The lowest BCUT2D eigenvalue weighted by Crippen LogP contribution is -1.97. The lowest BCUT2D eigenvalue weighted by atomic mass is 10.3. The van der Waals surface area contributed by atoms with Gasteiger partial charge in [-0.15, -0.1) is 0 Å². The Kier molecular flexibility index (Phi) is 2.76. The van der Waals surface area contributed by atoms with Gasteiger partial charge in [0.1, 0.15) is 10.9 Å². The van der Waals surface area contributed by atoms with Crippen molar-refractivity contribution >= 4 is 10.9 Å². The molecule has 6 nitrogen and oxygen atoms in total. The van der Waals surface area contributed by atoms with Crippen molar-refractivity contribution < 1.29 is 23.9 Å². The van der Waals surface area contributed by atoms with Crippen molar-refractivity contribution in [2.75, 3.05) is 0 Å². The summed E-state index contributed by atoms with van der Waals surface area (Å²) in [5, 5.41) is 18.9. The molecule has 0 spiro atoms. The van der Waals surface area contributed by atoms with Crippen molar-refractivity contribution in [3.8, 4) is 17.4 Å². The van der Waals surface area contributed by atoms with Crippen LogP contribution in [0.2, 0.25) is 0 Å². The van der Waals surface area contributed by atoms with Crippen LogP contribution in [0, 0.1) is 0 Å². The molecule has 1 heterocycles. The van der Waals surface area contributed by atoms with Crippen LogP contribution in [0.5, 0.6) is 11.8 Å². The molecule has 2 aromatic rings. The quantitative estimate of drug-likeness (QED) is 0.568. The van der Waals surface area contributed by atoms with Gasteiger partial charge in [-0.25, -0.2) is 0 Å². The monoisotopic (exact) mass is 257 g/mol. The van der Waals surface area contributed by atoms with Gasteiger partial charge in [0.05, 0.1) is 10.6 Å². The normalized spacial score (nSPS) is 12.6. The molecule has 0 aliphatic carbocycles. The van der Waals surface area contributed by atoms with Gasteiger partial charge >= 0.3 is 0 Å². The lowest BCUT2D eigenvalue weighted by Gasteiger charge is -2.19. The maximum absolute atomic E-state index is 9.47. The van der Waals surface area contributed by atoms with Crippen LogP contribution < -0.4 is 0 Å². The van der Waals surface area contributed by atoms with E-state index in [0.717, 1.165) is 4.57 Å². The number of aromatic hydroxyl groups is 2. The number of benzene rings is 1. The molecule has 0 aliphatic rings. The van der Waals surface area contributed by atoms with E-state index in [9.17, 15) is 10.2 Å². The first kappa shape index (κ1) is 11.8. The average molecular weight is 257 g/mol. The Morgan fingerprint density at radius 2 is 1.24 bits per heavy atom. The molecule has 92 valence electrons. The largest absolute Gasteiger partial charge is 0.494 e. The van der Waals surface area contributed by atoms with Crippen molar-refractivity contribution in [2.24, 2.45) is 0 Å². The standard InChI is InChI=1S/C10H11NO5S/c12-9-5-6-10(13)11(9)7-1-3-8(4-2-7)17(14,15)16/h1-6,12-16H. The van der Waals surface area contributed by atoms with Crippen LogP contribution in [0.4, 0.5) is 0 Å². The highest BCUT2D eigenvalue weighted by atomic mass is 32.3. The number of hydrogen-bond acceptors (Lipinski definition) is 5. The van der Waals surface area contributed by atoms with E-state index in [2.05, 4.69) is 0 Å². The number of nitrogens with zero attached hydrogens (tertiary/aromatic N) is 1. The molecule has 0 atom stereocenters. The molecule has 1 aromatic heterocycles. The summed E-state index contributed by atoms with van der Waals surface area (Å²) in [5.74, 6) is -0.295. The summed E-state index contributed by atoms with van der Waals surface area (Å²) in [5.41, 5.74) is 0.428. The van der Waals surface area contributed by atoms with Gasteiger partial charge in [0.25, 0.3) is 0 Å². The highest BCUT2D eigenvalue weighted by molar-refractivity contribution is 8.19. The minimum Gasteiger partial charge on any atom is -0.494 e. The van der Waals surface area contributed by atoms with E-state index in [-0.39, 0.29) is 16.7 Å². The fourth-order valence-corrected chi connectivity index (χ4v) is 1.96. The predicted molar refractivity (Wildman–Crippen MR) is 62.8 cm³/mol. The number of rotatable bonds is 2. The molecule has 0 saturated heterocycles. The van der Waals surface area contributed by atoms with Crippen LogP contribution in [0.15, 0.2) is 41.3 Å². The fraction of sp³-hybridized carbons (Fsp3) is 0. The predicted octanol–water partition coefficient (Wildman–Crippen LogP) is 2.47. The van der Waals surface area contributed by atoms with Crippen molar-refractivity contribution in [3.05, 3.63) is 36.4 Å². The van der Waals surface area contributed by atoms with Crippen molar-refractivity contribution in [2.45, 2.75) is 4.90 Å². The number of aromatic nitrogens is 1. The molecule has 0 radical (unpaired) electrons. The van der Waals surface area contributed by atoms with E-state index >= 15 is 0 Å². The Balaban J connectivity index is 2.43. The van der Waals surface area contributed by atoms with Gasteiger partial charge in [-0.3, -0.25) is 4.57 Å². The van der Waals surface area contributed by atoms with Gasteiger partial charge in [0.15, 0.2) is 11.8 Å². The Morgan fingerprint density at radius 1 is 0.765 bits per heavy atom. The minimum absolute atomic E-state index is 0.0348. The first-order chi connectivity index (χ1) is 7.89. The third-order valence-electron chi connectivity index (χ3n) is 2.25. The zero-order valence-electron chi connectivity index (χ0n) is 8.56. The summed E-state index contributed by atoms with van der Waals surface area (Å²) >= 11 is 0. The molecule has 0 saturated carbocycles. The second kappa shape index (κ2) is 3.97. The van der Waals surface area contributed by atoms with Gasteiger partial charge in [-0.05, 0) is 24.3 Å². The second-order valence-electron chi connectivity index (χ2n) is 3.40. The first-order valence-corrected chi connectivity index (χ1v) is 6.11. The number of hydrogen-bond donors (Lipinski definition) is 5. The lowest BCUT2D eigenvalue weighted by molar-refractivity contribution is 0.376. The molecule has 0 fully saturated rings.